The summed E-state index contributed by atoms with van der Waals surface area (Å²) >= 11 is 0. The smallest absolute Gasteiger partial charge is 0.269 e. The fourth-order valence-corrected chi connectivity index (χ4v) is 1.75. The third-order valence-electron chi connectivity index (χ3n) is 2.81. The molecule has 0 aliphatic carbocycles. The standard InChI is InChI=1S/C15H15NO2/c1-16(18-2)15(17)11-10-13-8-5-7-12-6-3-4-9-14(12)13/h3-11H,1-2H3/b11-10+. The van der Waals surface area contributed by atoms with Crippen LogP contribution in [0.3, 0.4) is 0 Å². The van der Waals surface area contributed by atoms with Crippen LogP contribution in [0.1, 0.15) is 5.56 Å². The minimum atomic E-state index is -0.189. The first-order valence-corrected chi connectivity index (χ1v) is 5.70. The Bertz CT molecular complexity index is 585. The van der Waals surface area contributed by atoms with Crippen molar-refractivity contribution in [3.05, 3.63) is 54.1 Å². The lowest BCUT2D eigenvalue weighted by atomic mass is 10.0. The van der Waals surface area contributed by atoms with Gasteiger partial charge in [0.2, 0.25) is 0 Å². The molecule has 1 amide bonds. The highest BCUT2D eigenvalue weighted by Crippen LogP contribution is 2.19. The van der Waals surface area contributed by atoms with Gasteiger partial charge in [-0.05, 0) is 22.4 Å². The number of nitrogens with zero attached hydrogens (tertiary/aromatic N) is 1. The third-order valence-corrected chi connectivity index (χ3v) is 2.81. The van der Waals surface area contributed by atoms with E-state index in [1.807, 2.05) is 30.3 Å². The van der Waals surface area contributed by atoms with Crippen molar-refractivity contribution in [1.29, 1.82) is 0 Å². The van der Waals surface area contributed by atoms with Crippen LogP contribution in [0.4, 0.5) is 0 Å². The predicted molar refractivity (Wildman–Crippen MR) is 72.8 cm³/mol. The minimum Gasteiger partial charge on any atom is -0.274 e. The molecule has 2 aromatic carbocycles. The van der Waals surface area contributed by atoms with Crippen LogP contribution in [0.15, 0.2) is 48.5 Å². The van der Waals surface area contributed by atoms with Gasteiger partial charge in [0, 0.05) is 13.1 Å². The van der Waals surface area contributed by atoms with Crippen molar-refractivity contribution >= 4 is 22.8 Å². The summed E-state index contributed by atoms with van der Waals surface area (Å²) in [6.45, 7) is 0. The molecule has 0 saturated carbocycles. The third kappa shape index (κ3) is 2.57. The van der Waals surface area contributed by atoms with Gasteiger partial charge < -0.3 is 0 Å². The van der Waals surface area contributed by atoms with Crippen LogP contribution in [0.25, 0.3) is 16.8 Å². The Balaban J connectivity index is 2.32. The van der Waals surface area contributed by atoms with Crippen LogP contribution in [0, 0.1) is 0 Å². The second-order valence-electron chi connectivity index (χ2n) is 3.92. The number of hydrogen-bond donors (Lipinski definition) is 0. The van der Waals surface area contributed by atoms with Crippen LogP contribution >= 0.6 is 0 Å². The molecule has 0 unspecified atom stereocenters. The van der Waals surface area contributed by atoms with E-state index in [4.69, 9.17) is 4.84 Å². The van der Waals surface area contributed by atoms with Gasteiger partial charge in [-0.25, -0.2) is 5.06 Å². The van der Waals surface area contributed by atoms with Crippen LogP contribution < -0.4 is 0 Å². The van der Waals surface area contributed by atoms with E-state index in [0.29, 0.717) is 0 Å². The topological polar surface area (TPSA) is 29.5 Å². The van der Waals surface area contributed by atoms with Crippen molar-refractivity contribution in [3.8, 4) is 0 Å². The van der Waals surface area contributed by atoms with E-state index in [1.54, 1.807) is 13.1 Å². The van der Waals surface area contributed by atoms with Crippen LogP contribution in [0.5, 0.6) is 0 Å². The van der Waals surface area contributed by atoms with E-state index in [0.717, 1.165) is 16.3 Å². The summed E-state index contributed by atoms with van der Waals surface area (Å²) in [6.07, 6.45) is 3.31. The molecule has 0 fully saturated rings. The van der Waals surface area contributed by atoms with Crippen LogP contribution in [-0.4, -0.2) is 25.1 Å². The van der Waals surface area contributed by atoms with Crippen molar-refractivity contribution < 1.29 is 9.63 Å². The average molecular weight is 241 g/mol. The van der Waals surface area contributed by atoms with E-state index in [1.165, 1.54) is 18.2 Å². The molecule has 2 aromatic rings. The highest BCUT2D eigenvalue weighted by atomic mass is 16.7. The molecular formula is C15H15NO2. The van der Waals surface area contributed by atoms with E-state index < -0.39 is 0 Å². The summed E-state index contributed by atoms with van der Waals surface area (Å²) in [6, 6.07) is 14.1. The predicted octanol–water partition coefficient (Wildman–Crippen LogP) is 2.87. The summed E-state index contributed by atoms with van der Waals surface area (Å²) in [5, 5.41) is 3.47. The Morgan fingerprint density at radius 3 is 2.67 bits per heavy atom. The summed E-state index contributed by atoms with van der Waals surface area (Å²) < 4.78 is 0. The quantitative estimate of drug-likeness (QED) is 0.611. The van der Waals surface area contributed by atoms with E-state index in [-0.39, 0.29) is 5.91 Å². The van der Waals surface area contributed by atoms with Crippen molar-refractivity contribution in [3.63, 3.8) is 0 Å². The molecule has 0 radical (unpaired) electrons. The van der Waals surface area contributed by atoms with Gasteiger partial charge in [-0.1, -0.05) is 42.5 Å². The molecule has 0 aromatic heterocycles. The SMILES string of the molecule is CON(C)C(=O)/C=C/c1cccc2ccccc12. The van der Waals surface area contributed by atoms with Crippen LogP contribution in [0.2, 0.25) is 0 Å². The van der Waals surface area contributed by atoms with Crippen molar-refractivity contribution in [1.82, 2.24) is 5.06 Å². The number of amides is 1. The number of carbonyl (C=O) groups is 1. The van der Waals surface area contributed by atoms with E-state index >= 15 is 0 Å². The summed E-state index contributed by atoms with van der Waals surface area (Å²) in [5.41, 5.74) is 1.02. The second kappa shape index (κ2) is 5.47. The van der Waals surface area contributed by atoms with Gasteiger partial charge in [0.05, 0.1) is 7.11 Å². The molecular weight excluding hydrogens is 226 g/mol. The molecule has 3 nitrogen and oxygen atoms in total. The average Bonchev–Trinajstić information content (AvgIpc) is 2.43. The Hall–Kier alpha value is -2.13. The fraction of sp³-hybridized carbons (Fsp3) is 0.133. The normalized spacial score (nSPS) is 11.0. The molecule has 0 spiro atoms. The first kappa shape index (κ1) is 12.3. The van der Waals surface area contributed by atoms with E-state index in [2.05, 4.69) is 12.1 Å². The van der Waals surface area contributed by atoms with Gasteiger partial charge in [-0.3, -0.25) is 9.63 Å². The molecule has 0 aliphatic heterocycles. The maximum atomic E-state index is 11.6. The monoisotopic (exact) mass is 241 g/mol. The Morgan fingerprint density at radius 1 is 1.17 bits per heavy atom. The number of hydrogen-bond acceptors (Lipinski definition) is 2. The molecule has 0 saturated heterocycles. The number of benzene rings is 2. The second-order valence-corrected chi connectivity index (χ2v) is 3.92. The zero-order valence-corrected chi connectivity index (χ0v) is 10.5. The van der Waals surface area contributed by atoms with Gasteiger partial charge in [0.15, 0.2) is 0 Å². The Morgan fingerprint density at radius 2 is 1.89 bits per heavy atom. The Labute approximate surface area is 106 Å². The van der Waals surface area contributed by atoms with Gasteiger partial charge in [-0.15, -0.1) is 0 Å². The highest BCUT2D eigenvalue weighted by Gasteiger charge is 2.03. The molecule has 0 bridgehead atoms. The Kier molecular flexibility index (Phi) is 3.75. The molecule has 92 valence electrons. The number of rotatable bonds is 3. The van der Waals surface area contributed by atoms with Crippen LogP contribution in [-0.2, 0) is 9.63 Å². The number of likely N-dealkylation sites (N-methyl/N-ethyl adjacent to an activating group) is 1. The molecule has 0 aliphatic rings. The number of hydroxylamine groups is 2. The molecule has 3 heteroatoms. The summed E-state index contributed by atoms with van der Waals surface area (Å²) in [5.74, 6) is -0.189. The largest absolute Gasteiger partial charge is 0.274 e. The molecule has 0 atom stereocenters. The van der Waals surface area contributed by atoms with Crippen molar-refractivity contribution in [2.24, 2.45) is 0 Å². The molecule has 0 N–H and O–H groups in total. The van der Waals surface area contributed by atoms with Gasteiger partial charge in [0.1, 0.15) is 0 Å². The first-order valence-electron chi connectivity index (χ1n) is 5.70. The minimum absolute atomic E-state index is 0.189. The lowest BCUT2D eigenvalue weighted by molar-refractivity contribution is -0.162. The number of carbonyl (C=O) groups excluding carboxylic acids is 1. The van der Waals surface area contributed by atoms with Gasteiger partial charge in [-0.2, -0.15) is 0 Å². The highest BCUT2D eigenvalue weighted by molar-refractivity contribution is 5.96. The van der Waals surface area contributed by atoms with Gasteiger partial charge >= 0.3 is 0 Å². The zero-order valence-electron chi connectivity index (χ0n) is 10.5. The zero-order chi connectivity index (χ0) is 13.0. The molecule has 2 rings (SSSR count). The summed E-state index contributed by atoms with van der Waals surface area (Å²) in [7, 11) is 3.04. The fourth-order valence-electron chi connectivity index (χ4n) is 1.75. The molecule has 18 heavy (non-hydrogen) atoms. The lowest BCUT2D eigenvalue weighted by Gasteiger charge is -2.10. The molecule has 0 heterocycles. The summed E-state index contributed by atoms with van der Waals surface area (Å²) in [4.78, 5) is 16.4. The lowest BCUT2D eigenvalue weighted by Crippen LogP contribution is -2.22. The first-order chi connectivity index (χ1) is 8.72. The maximum absolute atomic E-state index is 11.6. The van der Waals surface area contributed by atoms with E-state index in [9.17, 15) is 4.79 Å². The van der Waals surface area contributed by atoms with Gasteiger partial charge in [0.25, 0.3) is 5.91 Å². The maximum Gasteiger partial charge on any atom is 0.269 e. The number of fused-ring (bicyclic) bond motifs is 1. The van der Waals surface area contributed by atoms with Crippen molar-refractivity contribution in [2.75, 3.05) is 14.2 Å². The van der Waals surface area contributed by atoms with Crippen molar-refractivity contribution in [2.45, 2.75) is 0 Å².